The number of rotatable bonds is 3. The minimum atomic E-state index is -4.54. The number of halogens is 3. The molecule has 0 fully saturated rings. The Morgan fingerprint density at radius 1 is 1.32 bits per heavy atom. The van der Waals surface area contributed by atoms with Gasteiger partial charge in [0.15, 0.2) is 5.13 Å². The first-order valence-electron chi connectivity index (χ1n) is 5.52. The maximum Gasteiger partial charge on any atom is 0.427 e. The van der Waals surface area contributed by atoms with Gasteiger partial charge >= 0.3 is 12.3 Å². The summed E-state index contributed by atoms with van der Waals surface area (Å²) >= 11 is 0.248. The van der Waals surface area contributed by atoms with E-state index in [1.165, 1.54) is 12.1 Å². The monoisotopic (exact) mass is 333 g/mol. The molecule has 1 amide bonds. The molecular weight excluding hydrogens is 327 g/mol. The summed E-state index contributed by atoms with van der Waals surface area (Å²) in [7, 11) is 0. The highest BCUT2D eigenvalue weighted by Gasteiger charge is 2.33. The van der Waals surface area contributed by atoms with E-state index >= 15 is 0 Å². The molecule has 22 heavy (non-hydrogen) atoms. The number of anilines is 1. The van der Waals surface area contributed by atoms with Gasteiger partial charge < -0.3 is 4.74 Å². The summed E-state index contributed by atoms with van der Waals surface area (Å²) in [6.45, 7) is 0. The van der Waals surface area contributed by atoms with Gasteiger partial charge in [0.2, 0.25) is 0 Å². The topological polar surface area (TPSA) is 94.4 Å². The summed E-state index contributed by atoms with van der Waals surface area (Å²) in [4.78, 5) is 23.7. The second-order valence-corrected chi connectivity index (χ2v) is 4.82. The molecule has 116 valence electrons. The minimum Gasteiger partial charge on any atom is -0.410 e. The van der Waals surface area contributed by atoms with Crippen LogP contribution < -0.4 is 10.1 Å². The number of nitro benzene ring substituents is 1. The number of ether oxygens (including phenoxy) is 1. The number of aromatic nitrogens is 1. The number of hydrogen-bond donors (Lipinski definition) is 1. The lowest BCUT2D eigenvalue weighted by atomic mass is 10.3. The molecule has 0 radical (unpaired) electrons. The number of non-ortho nitro benzene ring substituents is 1. The van der Waals surface area contributed by atoms with Gasteiger partial charge in [-0.3, -0.25) is 15.4 Å². The molecule has 0 aliphatic heterocycles. The number of amides is 1. The van der Waals surface area contributed by atoms with Gasteiger partial charge in [0.25, 0.3) is 5.69 Å². The molecule has 0 aliphatic rings. The molecule has 1 aromatic heterocycles. The Bertz CT molecular complexity index is 699. The third-order valence-corrected chi connectivity index (χ3v) is 3.21. The Morgan fingerprint density at radius 3 is 2.45 bits per heavy atom. The SMILES string of the molecule is O=C(Nc1ncc(C(F)(F)F)s1)Oc1ccc([N+](=O)[O-])cc1. The first-order chi connectivity index (χ1) is 10.3. The molecule has 0 spiro atoms. The molecular formula is C11H6F3N3O4S. The number of carbonyl (C=O) groups is 1. The lowest BCUT2D eigenvalue weighted by molar-refractivity contribution is -0.384. The highest BCUT2D eigenvalue weighted by atomic mass is 32.1. The van der Waals surface area contributed by atoms with Gasteiger partial charge in [0, 0.05) is 12.1 Å². The highest BCUT2D eigenvalue weighted by molar-refractivity contribution is 7.15. The Kier molecular flexibility index (Phi) is 4.26. The fourth-order valence-electron chi connectivity index (χ4n) is 1.32. The maximum absolute atomic E-state index is 12.4. The van der Waals surface area contributed by atoms with Crippen molar-refractivity contribution >= 4 is 28.2 Å². The normalized spacial score (nSPS) is 11.0. The second kappa shape index (κ2) is 5.97. The van der Waals surface area contributed by atoms with Crippen molar-refractivity contribution in [1.82, 2.24) is 4.98 Å². The van der Waals surface area contributed by atoms with Crippen LogP contribution in [0.2, 0.25) is 0 Å². The molecule has 1 aromatic carbocycles. The van der Waals surface area contributed by atoms with E-state index in [-0.39, 0.29) is 27.9 Å². The summed E-state index contributed by atoms with van der Waals surface area (Å²) in [5, 5.41) is 12.2. The molecule has 0 unspecified atom stereocenters. The fraction of sp³-hybridized carbons (Fsp3) is 0.0909. The van der Waals surface area contributed by atoms with Gasteiger partial charge in [-0.15, -0.1) is 0 Å². The van der Waals surface area contributed by atoms with Crippen molar-refractivity contribution in [3.8, 4) is 5.75 Å². The number of nitrogens with one attached hydrogen (secondary N) is 1. The molecule has 11 heteroatoms. The van der Waals surface area contributed by atoms with E-state index in [9.17, 15) is 28.1 Å². The number of nitro groups is 1. The van der Waals surface area contributed by atoms with E-state index in [1.807, 2.05) is 5.32 Å². The summed E-state index contributed by atoms with van der Waals surface area (Å²) in [5.74, 6) is -0.00398. The number of carbonyl (C=O) groups excluding carboxylic acids is 1. The van der Waals surface area contributed by atoms with Crippen LogP contribution in [0.1, 0.15) is 4.88 Å². The third-order valence-electron chi connectivity index (χ3n) is 2.25. The largest absolute Gasteiger partial charge is 0.427 e. The van der Waals surface area contributed by atoms with Gasteiger partial charge in [-0.1, -0.05) is 11.3 Å². The second-order valence-electron chi connectivity index (χ2n) is 3.79. The quantitative estimate of drug-likeness (QED) is 0.683. The van der Waals surface area contributed by atoms with E-state index in [2.05, 4.69) is 4.98 Å². The average Bonchev–Trinajstić information content (AvgIpc) is 2.87. The first-order valence-corrected chi connectivity index (χ1v) is 6.33. The van der Waals surface area contributed by atoms with Gasteiger partial charge in [-0.25, -0.2) is 9.78 Å². The van der Waals surface area contributed by atoms with Gasteiger partial charge in [-0.2, -0.15) is 13.2 Å². The van der Waals surface area contributed by atoms with Crippen LogP contribution in [0.4, 0.5) is 28.8 Å². The van der Waals surface area contributed by atoms with E-state index < -0.39 is 22.1 Å². The van der Waals surface area contributed by atoms with E-state index in [0.717, 1.165) is 12.1 Å². The molecule has 0 atom stereocenters. The smallest absolute Gasteiger partial charge is 0.410 e. The number of hydrogen-bond acceptors (Lipinski definition) is 6. The van der Waals surface area contributed by atoms with Crippen molar-refractivity contribution < 1.29 is 27.6 Å². The van der Waals surface area contributed by atoms with E-state index in [0.29, 0.717) is 6.20 Å². The molecule has 2 aromatic rings. The van der Waals surface area contributed by atoms with Crippen LogP contribution in [0, 0.1) is 10.1 Å². The van der Waals surface area contributed by atoms with Crippen LogP contribution in [0.3, 0.4) is 0 Å². The predicted octanol–water partition coefficient (Wildman–Crippen LogP) is 3.68. The zero-order chi connectivity index (χ0) is 16.3. The number of benzene rings is 1. The molecule has 1 N–H and O–H groups in total. The molecule has 7 nitrogen and oxygen atoms in total. The predicted molar refractivity (Wildman–Crippen MR) is 69.9 cm³/mol. The van der Waals surface area contributed by atoms with Crippen molar-refractivity contribution in [3.05, 3.63) is 45.5 Å². The minimum absolute atomic E-state index is 0.00398. The Hall–Kier alpha value is -2.69. The molecule has 0 saturated heterocycles. The van der Waals surface area contributed by atoms with Gasteiger partial charge in [0.1, 0.15) is 10.6 Å². The van der Waals surface area contributed by atoms with Crippen molar-refractivity contribution in [2.75, 3.05) is 5.32 Å². The van der Waals surface area contributed by atoms with Crippen LogP contribution >= 0.6 is 11.3 Å². The van der Waals surface area contributed by atoms with Crippen molar-refractivity contribution in [3.63, 3.8) is 0 Å². The standard InChI is InChI=1S/C11H6F3N3O4S/c12-11(13,14)8-5-15-9(22-8)16-10(18)21-7-3-1-6(2-4-7)17(19)20/h1-5H,(H,15,16,18). The third kappa shape index (κ3) is 3.91. The summed E-state index contributed by atoms with van der Waals surface area (Å²) < 4.78 is 41.8. The average molecular weight is 333 g/mol. The first kappa shape index (κ1) is 15.7. The lowest BCUT2D eigenvalue weighted by Crippen LogP contribution is -2.16. The Labute approximate surface area is 124 Å². The summed E-state index contributed by atoms with van der Waals surface area (Å²) in [6, 6.07) is 4.60. The number of thiazole rings is 1. The Balaban J connectivity index is 1.98. The molecule has 1 heterocycles. The van der Waals surface area contributed by atoms with Gasteiger partial charge in [0.05, 0.1) is 11.1 Å². The summed E-state index contributed by atoms with van der Waals surface area (Å²) in [6.07, 6.45) is -5.01. The molecule has 0 saturated carbocycles. The molecule has 0 bridgehead atoms. The van der Waals surface area contributed by atoms with E-state index in [4.69, 9.17) is 4.74 Å². The van der Waals surface area contributed by atoms with E-state index in [1.54, 1.807) is 0 Å². The molecule has 0 aliphatic carbocycles. The number of nitrogens with zero attached hydrogens (tertiary/aromatic N) is 2. The lowest BCUT2D eigenvalue weighted by Gasteiger charge is -2.04. The zero-order valence-electron chi connectivity index (χ0n) is 10.5. The van der Waals surface area contributed by atoms with Crippen LogP contribution in [-0.2, 0) is 6.18 Å². The van der Waals surface area contributed by atoms with Gasteiger partial charge in [-0.05, 0) is 12.1 Å². The van der Waals surface area contributed by atoms with Crippen molar-refractivity contribution in [2.24, 2.45) is 0 Å². The van der Waals surface area contributed by atoms with Crippen LogP contribution in [-0.4, -0.2) is 16.0 Å². The summed E-state index contributed by atoms with van der Waals surface area (Å²) in [5.41, 5.74) is -0.192. The van der Waals surface area contributed by atoms with Crippen LogP contribution in [0.25, 0.3) is 0 Å². The number of alkyl halides is 3. The van der Waals surface area contributed by atoms with Crippen LogP contribution in [0.15, 0.2) is 30.5 Å². The zero-order valence-corrected chi connectivity index (χ0v) is 11.3. The van der Waals surface area contributed by atoms with Crippen molar-refractivity contribution in [2.45, 2.75) is 6.18 Å². The van der Waals surface area contributed by atoms with Crippen molar-refractivity contribution in [1.29, 1.82) is 0 Å². The Morgan fingerprint density at radius 2 is 1.95 bits per heavy atom. The highest BCUT2D eigenvalue weighted by Crippen LogP contribution is 2.35. The van der Waals surface area contributed by atoms with Crippen LogP contribution in [0.5, 0.6) is 5.75 Å². The molecule has 2 rings (SSSR count). The maximum atomic E-state index is 12.4. The fourth-order valence-corrected chi connectivity index (χ4v) is 1.99.